The normalized spacial score (nSPS) is 10.8. The van der Waals surface area contributed by atoms with E-state index >= 15 is 0 Å². The number of amides is 1. The minimum absolute atomic E-state index is 0.205. The van der Waals surface area contributed by atoms with Crippen molar-refractivity contribution in [1.82, 2.24) is 15.0 Å². The van der Waals surface area contributed by atoms with Gasteiger partial charge < -0.3 is 11.1 Å². The summed E-state index contributed by atoms with van der Waals surface area (Å²) in [6.07, 6.45) is 2.41. The molecule has 4 aromatic rings. The molecule has 0 aliphatic rings. The molecule has 7 heteroatoms. The number of benzene rings is 3. The summed E-state index contributed by atoms with van der Waals surface area (Å²) in [7, 11) is 0. The number of nitrogens with one attached hydrogen (secondary N) is 1. The molecule has 0 unspecified atom stereocenters. The van der Waals surface area contributed by atoms with E-state index in [1.807, 2.05) is 18.2 Å². The van der Waals surface area contributed by atoms with Crippen LogP contribution >= 0.6 is 0 Å². The van der Waals surface area contributed by atoms with E-state index in [-0.39, 0.29) is 11.5 Å². The van der Waals surface area contributed by atoms with Crippen LogP contribution in [-0.2, 0) is 13.0 Å². The van der Waals surface area contributed by atoms with Gasteiger partial charge in [0.25, 0.3) is 5.91 Å². The number of nitrogens with two attached hydrogens (primary N) is 1. The lowest BCUT2D eigenvalue weighted by atomic mass is 10.0. The summed E-state index contributed by atoms with van der Waals surface area (Å²) in [5.41, 5.74) is 11.2. The van der Waals surface area contributed by atoms with E-state index in [2.05, 4.69) is 34.7 Å². The SMILES string of the molecule is Cc1ccccc1CCn1cc(C(=O)Nc2cc(-c3ccc(F)cc3)ccc2N)nn1. The van der Waals surface area contributed by atoms with E-state index in [4.69, 9.17) is 5.73 Å². The van der Waals surface area contributed by atoms with Crippen molar-refractivity contribution < 1.29 is 9.18 Å². The fourth-order valence-electron chi connectivity index (χ4n) is 3.31. The lowest BCUT2D eigenvalue weighted by Crippen LogP contribution is -2.14. The first-order valence-electron chi connectivity index (χ1n) is 9.91. The highest BCUT2D eigenvalue weighted by Crippen LogP contribution is 2.27. The first-order chi connectivity index (χ1) is 15.0. The van der Waals surface area contributed by atoms with Crippen LogP contribution in [0.2, 0.25) is 0 Å². The van der Waals surface area contributed by atoms with Crippen molar-refractivity contribution >= 4 is 17.3 Å². The number of carbonyl (C=O) groups is 1. The average Bonchev–Trinajstić information content (AvgIpc) is 3.25. The second kappa shape index (κ2) is 8.79. The number of nitrogens with zero attached hydrogens (tertiary/aromatic N) is 3. The summed E-state index contributed by atoms with van der Waals surface area (Å²) >= 11 is 0. The molecule has 0 spiro atoms. The summed E-state index contributed by atoms with van der Waals surface area (Å²) in [6, 6.07) is 19.6. The van der Waals surface area contributed by atoms with Crippen LogP contribution in [0.15, 0.2) is 72.9 Å². The van der Waals surface area contributed by atoms with Crippen molar-refractivity contribution in [2.24, 2.45) is 0 Å². The number of anilines is 2. The van der Waals surface area contributed by atoms with Crippen molar-refractivity contribution in [2.45, 2.75) is 19.9 Å². The van der Waals surface area contributed by atoms with Crippen LogP contribution in [0, 0.1) is 12.7 Å². The van der Waals surface area contributed by atoms with Gasteiger partial charge in [0.05, 0.1) is 17.6 Å². The third-order valence-electron chi connectivity index (χ3n) is 5.12. The third-order valence-corrected chi connectivity index (χ3v) is 5.12. The molecule has 156 valence electrons. The number of carbonyl (C=O) groups excluding carboxylic acids is 1. The zero-order chi connectivity index (χ0) is 21.8. The second-order valence-electron chi connectivity index (χ2n) is 7.31. The van der Waals surface area contributed by atoms with Crippen molar-refractivity contribution in [3.05, 3.63) is 95.6 Å². The molecule has 0 fully saturated rings. The Labute approximate surface area is 179 Å². The molecule has 1 amide bonds. The number of aryl methyl sites for hydroxylation is 3. The molecule has 31 heavy (non-hydrogen) atoms. The summed E-state index contributed by atoms with van der Waals surface area (Å²) < 4.78 is 14.8. The number of rotatable bonds is 6. The Morgan fingerprint density at radius 1 is 1.06 bits per heavy atom. The van der Waals surface area contributed by atoms with Crippen LogP contribution in [0.4, 0.5) is 15.8 Å². The van der Waals surface area contributed by atoms with E-state index < -0.39 is 5.91 Å². The predicted molar refractivity (Wildman–Crippen MR) is 119 cm³/mol. The Kier molecular flexibility index (Phi) is 5.75. The molecule has 0 aliphatic heterocycles. The molecule has 4 rings (SSSR count). The predicted octanol–water partition coefficient (Wildman–Crippen LogP) is 4.47. The molecule has 0 aliphatic carbocycles. The van der Waals surface area contributed by atoms with Gasteiger partial charge in [-0.05, 0) is 59.9 Å². The van der Waals surface area contributed by atoms with Crippen molar-refractivity contribution in [1.29, 1.82) is 0 Å². The quantitative estimate of drug-likeness (QED) is 0.455. The van der Waals surface area contributed by atoms with Gasteiger partial charge in [-0.1, -0.05) is 47.7 Å². The molecule has 1 heterocycles. The smallest absolute Gasteiger partial charge is 0.277 e. The molecule has 6 nitrogen and oxygen atoms in total. The fourth-order valence-corrected chi connectivity index (χ4v) is 3.31. The molecule has 1 aromatic heterocycles. The zero-order valence-corrected chi connectivity index (χ0v) is 17.0. The largest absolute Gasteiger partial charge is 0.397 e. The van der Waals surface area contributed by atoms with E-state index in [1.54, 1.807) is 35.1 Å². The van der Waals surface area contributed by atoms with Crippen LogP contribution in [-0.4, -0.2) is 20.9 Å². The number of nitrogen functional groups attached to an aromatic ring is 1. The number of halogens is 1. The van der Waals surface area contributed by atoms with Crippen molar-refractivity contribution in [2.75, 3.05) is 11.1 Å². The molecule has 0 bridgehead atoms. The zero-order valence-electron chi connectivity index (χ0n) is 17.0. The first kappa shape index (κ1) is 20.3. The lowest BCUT2D eigenvalue weighted by molar-refractivity contribution is 0.102. The van der Waals surface area contributed by atoms with E-state index in [9.17, 15) is 9.18 Å². The average molecular weight is 415 g/mol. The van der Waals surface area contributed by atoms with Gasteiger partial charge in [-0.25, -0.2) is 4.39 Å². The highest BCUT2D eigenvalue weighted by Gasteiger charge is 2.13. The molecular weight excluding hydrogens is 393 g/mol. The highest BCUT2D eigenvalue weighted by molar-refractivity contribution is 6.04. The minimum atomic E-state index is -0.398. The summed E-state index contributed by atoms with van der Waals surface area (Å²) in [5, 5.41) is 10.8. The molecule has 0 saturated heterocycles. The van der Waals surface area contributed by atoms with Crippen LogP contribution in [0.5, 0.6) is 0 Å². The molecular formula is C24H22FN5O. The Morgan fingerprint density at radius 3 is 2.58 bits per heavy atom. The Hall–Kier alpha value is -4.00. The van der Waals surface area contributed by atoms with Crippen LogP contribution < -0.4 is 11.1 Å². The third kappa shape index (κ3) is 4.78. The van der Waals surface area contributed by atoms with E-state index in [0.29, 0.717) is 17.9 Å². The van der Waals surface area contributed by atoms with E-state index in [1.165, 1.54) is 23.3 Å². The lowest BCUT2D eigenvalue weighted by Gasteiger charge is -2.10. The summed E-state index contributed by atoms with van der Waals surface area (Å²) in [5.74, 6) is -0.705. The second-order valence-corrected chi connectivity index (χ2v) is 7.31. The number of aromatic nitrogens is 3. The maximum Gasteiger partial charge on any atom is 0.277 e. The van der Waals surface area contributed by atoms with Crippen molar-refractivity contribution in [3.63, 3.8) is 0 Å². The molecule has 3 aromatic carbocycles. The van der Waals surface area contributed by atoms with Gasteiger partial charge in [0.1, 0.15) is 5.82 Å². The number of hydrogen-bond donors (Lipinski definition) is 2. The fraction of sp³-hybridized carbons (Fsp3) is 0.125. The molecule has 0 atom stereocenters. The summed E-state index contributed by atoms with van der Waals surface area (Å²) in [6.45, 7) is 2.69. The van der Waals surface area contributed by atoms with Gasteiger partial charge in [-0.15, -0.1) is 5.10 Å². The van der Waals surface area contributed by atoms with Gasteiger partial charge in [-0.2, -0.15) is 0 Å². The molecule has 3 N–H and O–H groups in total. The van der Waals surface area contributed by atoms with Crippen LogP contribution in [0.25, 0.3) is 11.1 Å². The van der Waals surface area contributed by atoms with E-state index in [0.717, 1.165) is 17.5 Å². The van der Waals surface area contributed by atoms with Gasteiger partial charge in [0.2, 0.25) is 0 Å². The monoisotopic (exact) mass is 415 g/mol. The maximum absolute atomic E-state index is 13.2. The maximum atomic E-state index is 13.2. The van der Waals surface area contributed by atoms with Gasteiger partial charge in [0.15, 0.2) is 5.69 Å². The van der Waals surface area contributed by atoms with Crippen LogP contribution in [0.1, 0.15) is 21.6 Å². The first-order valence-corrected chi connectivity index (χ1v) is 9.91. The molecule has 0 radical (unpaired) electrons. The topological polar surface area (TPSA) is 85.8 Å². The standard InChI is InChI=1S/C24H22FN5O/c1-16-4-2-3-5-17(16)12-13-30-15-23(28-29-30)24(31)27-22-14-19(8-11-21(22)26)18-6-9-20(25)10-7-18/h2-11,14-15H,12-13,26H2,1H3,(H,27,31). The van der Waals surface area contributed by atoms with Gasteiger partial charge in [0, 0.05) is 6.54 Å². The van der Waals surface area contributed by atoms with Gasteiger partial charge in [-0.3, -0.25) is 9.48 Å². The number of hydrogen-bond acceptors (Lipinski definition) is 4. The Morgan fingerprint density at radius 2 is 1.81 bits per heavy atom. The van der Waals surface area contributed by atoms with Crippen LogP contribution in [0.3, 0.4) is 0 Å². The highest BCUT2D eigenvalue weighted by atomic mass is 19.1. The van der Waals surface area contributed by atoms with Crippen molar-refractivity contribution in [3.8, 4) is 11.1 Å². The van der Waals surface area contributed by atoms with Gasteiger partial charge >= 0.3 is 0 Å². The Balaban J connectivity index is 1.45. The summed E-state index contributed by atoms with van der Waals surface area (Å²) in [4.78, 5) is 12.7. The minimum Gasteiger partial charge on any atom is -0.397 e. The Bertz CT molecular complexity index is 1220. The molecule has 0 saturated carbocycles.